The molecule has 1 aromatic heterocycles. The van der Waals surface area contributed by atoms with Crippen molar-refractivity contribution < 1.29 is 0 Å². The van der Waals surface area contributed by atoms with Crippen molar-refractivity contribution >= 4 is 27.5 Å². The van der Waals surface area contributed by atoms with E-state index in [9.17, 15) is 0 Å². The molecule has 0 fully saturated rings. The Kier molecular flexibility index (Phi) is 3.20. The van der Waals surface area contributed by atoms with Gasteiger partial charge in [0, 0.05) is 17.5 Å². The monoisotopic (exact) mass is 324 g/mol. The van der Waals surface area contributed by atoms with Crippen molar-refractivity contribution in [3.63, 3.8) is 0 Å². The highest BCUT2D eigenvalue weighted by Crippen LogP contribution is 2.33. The Morgan fingerprint density at radius 1 is 1.33 bits per heavy atom. The number of fused-ring (bicyclic) bond motifs is 1. The number of nitrogens with zero attached hydrogens (tertiary/aromatic N) is 2. The second kappa shape index (κ2) is 4.71. The molecule has 0 saturated heterocycles. The summed E-state index contributed by atoms with van der Waals surface area (Å²) in [6, 6.07) is 8.23. The summed E-state index contributed by atoms with van der Waals surface area (Å²) >= 11 is 9.48. The predicted molar refractivity (Wildman–Crippen MR) is 77.2 cm³/mol. The molecule has 18 heavy (non-hydrogen) atoms. The molecule has 3 rings (SSSR count). The predicted octanol–water partition coefficient (Wildman–Crippen LogP) is 4.34. The maximum Gasteiger partial charge on any atom is 0.127 e. The van der Waals surface area contributed by atoms with Crippen LogP contribution in [0, 0.1) is 6.92 Å². The van der Waals surface area contributed by atoms with Gasteiger partial charge in [-0.1, -0.05) is 23.7 Å². The zero-order valence-corrected chi connectivity index (χ0v) is 12.5. The van der Waals surface area contributed by atoms with E-state index in [1.807, 2.05) is 12.1 Å². The third-order valence-electron chi connectivity index (χ3n) is 3.69. The van der Waals surface area contributed by atoms with Crippen molar-refractivity contribution in [3.8, 4) is 0 Å². The first-order valence-electron chi connectivity index (χ1n) is 6.12. The van der Waals surface area contributed by atoms with Gasteiger partial charge in [-0.25, -0.2) is 4.98 Å². The fraction of sp³-hybridized carbons (Fsp3) is 0.357. The molecular formula is C14H14BrClN2. The lowest BCUT2D eigenvalue weighted by atomic mass is 9.91. The maximum absolute atomic E-state index is 5.94. The van der Waals surface area contributed by atoms with Crippen LogP contribution in [0.5, 0.6) is 0 Å². The van der Waals surface area contributed by atoms with Crippen LogP contribution in [-0.4, -0.2) is 9.55 Å². The van der Waals surface area contributed by atoms with Crippen LogP contribution in [-0.2, 0) is 13.0 Å². The Labute approximate surface area is 120 Å². The summed E-state index contributed by atoms with van der Waals surface area (Å²) in [7, 11) is 0. The fourth-order valence-corrected chi connectivity index (χ4v) is 3.48. The molecule has 1 aliphatic heterocycles. The van der Waals surface area contributed by atoms with Gasteiger partial charge >= 0.3 is 0 Å². The number of hydrogen-bond acceptors (Lipinski definition) is 1. The molecule has 1 aromatic carbocycles. The SMILES string of the molecule is Cc1nc(Br)c2n1CC(c1ccc(Cl)cc1)CC2. The summed E-state index contributed by atoms with van der Waals surface area (Å²) in [4.78, 5) is 4.49. The van der Waals surface area contributed by atoms with E-state index in [-0.39, 0.29) is 0 Å². The zero-order valence-electron chi connectivity index (χ0n) is 10.2. The quantitative estimate of drug-likeness (QED) is 0.763. The van der Waals surface area contributed by atoms with Gasteiger partial charge in [0.05, 0.1) is 5.69 Å². The number of aromatic nitrogens is 2. The smallest absolute Gasteiger partial charge is 0.127 e. The molecule has 0 saturated carbocycles. The molecule has 0 spiro atoms. The van der Waals surface area contributed by atoms with Crippen molar-refractivity contribution in [1.82, 2.24) is 9.55 Å². The summed E-state index contributed by atoms with van der Waals surface area (Å²) in [6.45, 7) is 3.08. The second-order valence-electron chi connectivity index (χ2n) is 4.79. The third kappa shape index (κ3) is 2.10. The summed E-state index contributed by atoms with van der Waals surface area (Å²) < 4.78 is 3.34. The summed E-state index contributed by atoms with van der Waals surface area (Å²) in [5, 5.41) is 0.803. The maximum atomic E-state index is 5.94. The number of halogens is 2. The molecule has 2 aromatic rings. The van der Waals surface area contributed by atoms with Crippen LogP contribution in [0.4, 0.5) is 0 Å². The lowest BCUT2D eigenvalue weighted by Crippen LogP contribution is -2.19. The standard InChI is InChI=1S/C14H14BrClN2/c1-9-17-14(15)13-7-4-11(8-18(9)13)10-2-5-12(16)6-3-10/h2-3,5-6,11H,4,7-8H2,1H3. The lowest BCUT2D eigenvalue weighted by Gasteiger charge is -2.25. The molecule has 94 valence electrons. The van der Waals surface area contributed by atoms with Crippen LogP contribution >= 0.6 is 27.5 Å². The largest absolute Gasteiger partial charge is 0.331 e. The highest BCUT2D eigenvalue weighted by Gasteiger charge is 2.23. The van der Waals surface area contributed by atoms with E-state index in [4.69, 9.17) is 11.6 Å². The van der Waals surface area contributed by atoms with Gasteiger partial charge in [0.2, 0.25) is 0 Å². The van der Waals surface area contributed by atoms with Gasteiger partial charge in [0.25, 0.3) is 0 Å². The molecule has 0 bridgehead atoms. The van der Waals surface area contributed by atoms with Gasteiger partial charge in [-0.2, -0.15) is 0 Å². The van der Waals surface area contributed by atoms with Crippen molar-refractivity contribution in [2.75, 3.05) is 0 Å². The van der Waals surface area contributed by atoms with E-state index >= 15 is 0 Å². The second-order valence-corrected chi connectivity index (χ2v) is 5.98. The Bertz CT molecular complexity index is 574. The molecule has 0 aliphatic carbocycles. The highest BCUT2D eigenvalue weighted by atomic mass is 79.9. The van der Waals surface area contributed by atoms with Crippen LogP contribution in [0.2, 0.25) is 5.02 Å². The van der Waals surface area contributed by atoms with Crippen LogP contribution < -0.4 is 0 Å². The van der Waals surface area contributed by atoms with Crippen molar-refractivity contribution in [2.24, 2.45) is 0 Å². The Balaban J connectivity index is 1.90. The summed E-state index contributed by atoms with van der Waals surface area (Å²) in [5.41, 5.74) is 2.70. The highest BCUT2D eigenvalue weighted by molar-refractivity contribution is 9.10. The van der Waals surface area contributed by atoms with Gasteiger partial charge in [-0.3, -0.25) is 0 Å². The summed E-state index contributed by atoms with van der Waals surface area (Å²) in [5.74, 6) is 1.66. The van der Waals surface area contributed by atoms with E-state index in [1.54, 1.807) is 0 Å². The molecule has 0 N–H and O–H groups in total. The molecule has 0 amide bonds. The van der Waals surface area contributed by atoms with Crippen molar-refractivity contribution in [2.45, 2.75) is 32.2 Å². The summed E-state index contributed by atoms with van der Waals surface area (Å²) in [6.07, 6.45) is 2.25. The normalized spacial score (nSPS) is 18.7. The molecule has 1 aliphatic rings. The van der Waals surface area contributed by atoms with E-state index in [0.717, 1.165) is 28.4 Å². The molecule has 2 heterocycles. The van der Waals surface area contributed by atoms with Gasteiger partial charge in [0.15, 0.2) is 0 Å². The molecule has 1 atom stereocenters. The molecule has 1 unspecified atom stereocenters. The number of imidazole rings is 1. The van der Waals surface area contributed by atoms with E-state index < -0.39 is 0 Å². The number of aryl methyl sites for hydroxylation is 1. The first-order chi connectivity index (χ1) is 8.65. The van der Waals surface area contributed by atoms with Gasteiger partial charge in [-0.05, 0) is 53.4 Å². The van der Waals surface area contributed by atoms with Crippen LogP contribution in [0.3, 0.4) is 0 Å². The average Bonchev–Trinajstić information content (AvgIpc) is 2.66. The minimum atomic E-state index is 0.564. The fourth-order valence-electron chi connectivity index (χ4n) is 2.68. The molecule has 0 radical (unpaired) electrons. The first-order valence-corrected chi connectivity index (χ1v) is 7.29. The van der Waals surface area contributed by atoms with Crippen molar-refractivity contribution in [3.05, 3.63) is 51.0 Å². The molecule has 2 nitrogen and oxygen atoms in total. The van der Waals surface area contributed by atoms with E-state index in [1.165, 1.54) is 17.7 Å². The number of benzene rings is 1. The minimum absolute atomic E-state index is 0.564. The number of hydrogen-bond donors (Lipinski definition) is 0. The van der Waals surface area contributed by atoms with Gasteiger partial charge < -0.3 is 4.57 Å². The Hall–Kier alpha value is -0.800. The van der Waals surface area contributed by atoms with Crippen molar-refractivity contribution in [1.29, 1.82) is 0 Å². The zero-order chi connectivity index (χ0) is 12.7. The van der Waals surface area contributed by atoms with Gasteiger partial charge in [0.1, 0.15) is 10.4 Å². The van der Waals surface area contributed by atoms with E-state index in [2.05, 4.69) is 44.5 Å². The van der Waals surface area contributed by atoms with Crippen LogP contribution in [0.15, 0.2) is 28.9 Å². The molecular weight excluding hydrogens is 312 g/mol. The van der Waals surface area contributed by atoms with Crippen LogP contribution in [0.1, 0.15) is 29.4 Å². The average molecular weight is 326 g/mol. The lowest BCUT2D eigenvalue weighted by molar-refractivity contribution is 0.455. The molecule has 4 heteroatoms. The first kappa shape index (κ1) is 12.2. The third-order valence-corrected chi connectivity index (χ3v) is 4.58. The number of rotatable bonds is 1. The van der Waals surface area contributed by atoms with Crippen LogP contribution in [0.25, 0.3) is 0 Å². The minimum Gasteiger partial charge on any atom is -0.331 e. The Morgan fingerprint density at radius 3 is 2.78 bits per heavy atom. The van der Waals surface area contributed by atoms with E-state index in [0.29, 0.717) is 5.92 Å². The Morgan fingerprint density at radius 2 is 2.06 bits per heavy atom. The van der Waals surface area contributed by atoms with Gasteiger partial charge in [-0.15, -0.1) is 0 Å². The topological polar surface area (TPSA) is 17.8 Å².